The highest BCUT2D eigenvalue weighted by atomic mass is 16.3. The molecular formula is C15H22N4O3. The molecule has 0 aromatic carbocycles. The van der Waals surface area contributed by atoms with Crippen LogP contribution in [-0.4, -0.2) is 46.1 Å². The molecule has 0 aliphatic heterocycles. The molecule has 2 rings (SSSR count). The highest BCUT2D eigenvalue weighted by Gasteiger charge is 2.22. The maximum Gasteiger partial charge on any atom is 0.272 e. The summed E-state index contributed by atoms with van der Waals surface area (Å²) in [6, 6.07) is -0.974. The van der Waals surface area contributed by atoms with Gasteiger partial charge in [-0.2, -0.15) is 0 Å². The van der Waals surface area contributed by atoms with E-state index < -0.39 is 18.6 Å². The molecule has 0 saturated heterocycles. The fourth-order valence-corrected chi connectivity index (χ4v) is 2.60. The summed E-state index contributed by atoms with van der Waals surface area (Å²) >= 11 is 0. The van der Waals surface area contributed by atoms with Crippen molar-refractivity contribution in [1.29, 1.82) is 0 Å². The number of hydrogen-bond acceptors (Lipinski definition) is 5. The van der Waals surface area contributed by atoms with Gasteiger partial charge < -0.3 is 15.7 Å². The van der Waals surface area contributed by atoms with Crippen LogP contribution in [0.2, 0.25) is 0 Å². The molecule has 120 valence electrons. The lowest BCUT2D eigenvalue weighted by Crippen LogP contribution is -2.50. The van der Waals surface area contributed by atoms with Gasteiger partial charge in [0.1, 0.15) is 11.7 Å². The summed E-state index contributed by atoms with van der Waals surface area (Å²) in [6.45, 7) is 0.138. The molecule has 3 N–H and O–H groups in total. The van der Waals surface area contributed by atoms with Gasteiger partial charge in [-0.25, -0.2) is 4.98 Å². The van der Waals surface area contributed by atoms with Crippen LogP contribution in [0.5, 0.6) is 0 Å². The van der Waals surface area contributed by atoms with Gasteiger partial charge in [-0.05, 0) is 18.8 Å². The van der Waals surface area contributed by atoms with Gasteiger partial charge in [0.25, 0.3) is 5.91 Å². The van der Waals surface area contributed by atoms with E-state index in [0.29, 0.717) is 12.5 Å². The third-order valence-electron chi connectivity index (χ3n) is 3.89. The van der Waals surface area contributed by atoms with Crippen LogP contribution < -0.4 is 10.6 Å². The minimum atomic E-state index is -0.974. The van der Waals surface area contributed by atoms with E-state index in [1.807, 2.05) is 0 Å². The Bertz CT molecular complexity index is 489. The van der Waals surface area contributed by atoms with E-state index in [4.69, 9.17) is 0 Å². The van der Waals surface area contributed by atoms with E-state index in [9.17, 15) is 14.7 Å². The molecule has 1 fully saturated rings. The first-order valence-electron chi connectivity index (χ1n) is 7.66. The largest absolute Gasteiger partial charge is 0.394 e. The fourth-order valence-electron chi connectivity index (χ4n) is 2.60. The topological polar surface area (TPSA) is 104 Å². The molecule has 1 aliphatic carbocycles. The van der Waals surface area contributed by atoms with Crippen molar-refractivity contribution in [3.05, 3.63) is 24.3 Å². The standard InChI is InChI=1S/C15H22N4O3/c20-10-13(19-15(22)12-9-16-6-7-17-12)14(21)18-8-11-4-2-1-3-5-11/h6-7,9,11,13,20H,1-5,8,10H2,(H,18,21)(H,19,22)/t13-/m0/s1. The number of aromatic nitrogens is 2. The molecule has 0 bridgehead atoms. The van der Waals surface area contributed by atoms with Gasteiger partial charge in [-0.3, -0.25) is 14.6 Å². The highest BCUT2D eigenvalue weighted by Crippen LogP contribution is 2.22. The van der Waals surface area contributed by atoms with Crippen LogP contribution in [-0.2, 0) is 4.79 Å². The van der Waals surface area contributed by atoms with Crippen LogP contribution in [0, 0.1) is 5.92 Å². The number of carbonyl (C=O) groups is 2. The van der Waals surface area contributed by atoms with E-state index in [1.54, 1.807) is 0 Å². The van der Waals surface area contributed by atoms with Crippen molar-refractivity contribution in [3.8, 4) is 0 Å². The number of carbonyl (C=O) groups excluding carboxylic acids is 2. The first-order chi connectivity index (χ1) is 10.7. The molecule has 7 nitrogen and oxygen atoms in total. The first kappa shape index (κ1) is 16.4. The summed E-state index contributed by atoms with van der Waals surface area (Å²) in [5.74, 6) is -0.405. The zero-order valence-electron chi connectivity index (χ0n) is 12.5. The van der Waals surface area contributed by atoms with Gasteiger partial charge in [-0.1, -0.05) is 19.3 Å². The summed E-state index contributed by atoms with van der Waals surface area (Å²) in [4.78, 5) is 31.6. The molecule has 0 unspecified atom stereocenters. The van der Waals surface area contributed by atoms with Crippen LogP contribution in [0.3, 0.4) is 0 Å². The summed E-state index contributed by atoms with van der Waals surface area (Å²) in [7, 11) is 0. The Labute approximate surface area is 129 Å². The van der Waals surface area contributed by atoms with Gasteiger partial charge in [0.15, 0.2) is 0 Å². The minimum absolute atomic E-state index is 0.112. The molecule has 1 atom stereocenters. The first-order valence-corrected chi connectivity index (χ1v) is 7.66. The van der Waals surface area contributed by atoms with Gasteiger partial charge in [-0.15, -0.1) is 0 Å². The molecule has 0 spiro atoms. The Hall–Kier alpha value is -2.02. The molecule has 7 heteroatoms. The number of amides is 2. The lowest BCUT2D eigenvalue weighted by atomic mass is 9.89. The smallest absolute Gasteiger partial charge is 0.272 e. The fraction of sp³-hybridized carbons (Fsp3) is 0.600. The van der Waals surface area contributed by atoms with Gasteiger partial charge in [0.05, 0.1) is 12.8 Å². The molecule has 1 aromatic rings. The molecular weight excluding hydrogens is 284 g/mol. The second-order valence-electron chi connectivity index (χ2n) is 5.55. The maximum absolute atomic E-state index is 12.1. The summed E-state index contributed by atoms with van der Waals surface area (Å²) < 4.78 is 0. The zero-order valence-corrected chi connectivity index (χ0v) is 12.5. The monoisotopic (exact) mass is 306 g/mol. The molecule has 1 aliphatic rings. The van der Waals surface area contributed by atoms with Crippen molar-refractivity contribution in [3.63, 3.8) is 0 Å². The van der Waals surface area contributed by atoms with Crippen molar-refractivity contribution in [1.82, 2.24) is 20.6 Å². The Balaban J connectivity index is 1.82. The van der Waals surface area contributed by atoms with E-state index in [2.05, 4.69) is 20.6 Å². The van der Waals surface area contributed by atoms with E-state index in [-0.39, 0.29) is 11.6 Å². The van der Waals surface area contributed by atoms with Crippen molar-refractivity contribution in [2.75, 3.05) is 13.2 Å². The minimum Gasteiger partial charge on any atom is -0.394 e. The number of aliphatic hydroxyl groups excluding tert-OH is 1. The van der Waals surface area contributed by atoms with Crippen LogP contribution in [0.25, 0.3) is 0 Å². The van der Waals surface area contributed by atoms with Crippen LogP contribution >= 0.6 is 0 Å². The Morgan fingerprint density at radius 2 is 2.05 bits per heavy atom. The second kappa shape index (κ2) is 8.43. The lowest BCUT2D eigenvalue weighted by molar-refractivity contribution is -0.124. The Kier molecular flexibility index (Phi) is 6.27. The molecule has 1 aromatic heterocycles. The normalized spacial score (nSPS) is 16.8. The maximum atomic E-state index is 12.1. The number of aliphatic hydroxyl groups is 1. The predicted octanol–water partition coefficient (Wildman–Crippen LogP) is 0.264. The van der Waals surface area contributed by atoms with Gasteiger partial charge >= 0.3 is 0 Å². The molecule has 1 heterocycles. The average molecular weight is 306 g/mol. The third-order valence-corrected chi connectivity index (χ3v) is 3.89. The van der Waals surface area contributed by atoms with Crippen LogP contribution in [0.15, 0.2) is 18.6 Å². The third kappa shape index (κ3) is 4.77. The quantitative estimate of drug-likeness (QED) is 0.699. The second-order valence-corrected chi connectivity index (χ2v) is 5.55. The average Bonchev–Trinajstić information content (AvgIpc) is 2.59. The van der Waals surface area contributed by atoms with Crippen molar-refractivity contribution < 1.29 is 14.7 Å². The lowest BCUT2D eigenvalue weighted by Gasteiger charge is -2.23. The number of hydrogen-bond donors (Lipinski definition) is 3. The molecule has 1 saturated carbocycles. The van der Waals surface area contributed by atoms with E-state index >= 15 is 0 Å². The Morgan fingerprint density at radius 3 is 2.68 bits per heavy atom. The number of nitrogens with zero attached hydrogens (tertiary/aromatic N) is 2. The van der Waals surface area contributed by atoms with Crippen LogP contribution in [0.1, 0.15) is 42.6 Å². The zero-order chi connectivity index (χ0) is 15.8. The summed E-state index contributed by atoms with van der Waals surface area (Å²) in [6.07, 6.45) is 10.1. The van der Waals surface area contributed by atoms with E-state index in [0.717, 1.165) is 12.8 Å². The van der Waals surface area contributed by atoms with Gasteiger partial charge in [0.2, 0.25) is 5.91 Å². The predicted molar refractivity (Wildman–Crippen MR) is 80.0 cm³/mol. The molecule has 0 radical (unpaired) electrons. The molecule has 2 amide bonds. The summed E-state index contributed by atoms with van der Waals surface area (Å²) in [5, 5.41) is 14.6. The van der Waals surface area contributed by atoms with Crippen molar-refractivity contribution >= 4 is 11.8 Å². The highest BCUT2D eigenvalue weighted by molar-refractivity contribution is 5.95. The van der Waals surface area contributed by atoms with Crippen LogP contribution in [0.4, 0.5) is 0 Å². The Morgan fingerprint density at radius 1 is 1.27 bits per heavy atom. The summed E-state index contributed by atoms with van der Waals surface area (Å²) in [5.41, 5.74) is 0.112. The SMILES string of the molecule is O=C(N[C@@H](CO)C(=O)NCC1CCCCC1)c1cnccn1. The van der Waals surface area contributed by atoms with Gasteiger partial charge in [0, 0.05) is 18.9 Å². The molecule has 22 heavy (non-hydrogen) atoms. The van der Waals surface area contributed by atoms with Crippen molar-refractivity contribution in [2.24, 2.45) is 5.92 Å². The van der Waals surface area contributed by atoms with Crippen molar-refractivity contribution in [2.45, 2.75) is 38.1 Å². The van der Waals surface area contributed by atoms with E-state index in [1.165, 1.54) is 37.9 Å². The number of nitrogens with one attached hydrogen (secondary N) is 2. The number of rotatable bonds is 6.